The molecule has 7 heterocycles. The van der Waals surface area contributed by atoms with Gasteiger partial charge in [-0.05, 0) is 163 Å². The largest absolute Gasteiger partial charge is 0.511 e. The first-order valence-corrected chi connectivity index (χ1v) is 31.6. The van der Waals surface area contributed by atoms with Crippen molar-refractivity contribution in [2.24, 2.45) is 26.8 Å². The Morgan fingerprint density at radius 2 is 1.52 bits per heavy atom. The number of rotatable bonds is 16. The first kappa shape index (κ1) is 58.8. The summed E-state index contributed by atoms with van der Waals surface area (Å²) in [5.74, 6) is -2.42. The van der Waals surface area contributed by atoms with Crippen LogP contribution < -0.4 is 10.2 Å². The number of carboxylic acid groups (broad SMARTS) is 1. The second-order valence-electron chi connectivity index (χ2n) is 23.6. The van der Waals surface area contributed by atoms with Crippen molar-refractivity contribution in [3.05, 3.63) is 239 Å². The smallest absolute Gasteiger partial charge is 0.328 e. The lowest BCUT2D eigenvalue weighted by atomic mass is 9.86. The van der Waals surface area contributed by atoms with E-state index in [1.54, 1.807) is 6.08 Å². The predicted octanol–water partition coefficient (Wildman–Crippen LogP) is 14.4. The van der Waals surface area contributed by atoms with Gasteiger partial charge in [0.1, 0.15) is 29.8 Å². The molecule has 89 heavy (non-hydrogen) atoms. The number of nitrogens with one attached hydrogen (secondary N) is 1. The SMILES string of the molecule is CCC1=C(C)C2=NC1=CC1=C(C)C3=C(O)CC(=C4NC(=CC5=NC(=C2)C(/C=C/C(=O)O)=C5C)[C@@H](C)[C@@H]4CCC(=O)OCCOC(=O)CN2C(=O)/C(=C/c4ccc5c(c4)C4CCCC4N5c4ccc(C=C(c5ccccc5)c5ccccc5)cc4)SC2=S)C3=N1. The number of aliphatic hydroxyl groups excluding tert-OH is 1. The summed E-state index contributed by atoms with van der Waals surface area (Å²) in [6, 6.07) is 36.5. The van der Waals surface area contributed by atoms with Crippen molar-refractivity contribution in [2.45, 2.75) is 91.5 Å². The van der Waals surface area contributed by atoms with Crippen molar-refractivity contribution in [1.82, 2.24) is 10.2 Å². The Labute approximate surface area is 527 Å². The fourth-order valence-corrected chi connectivity index (χ4v) is 15.1. The molecule has 9 aliphatic rings. The van der Waals surface area contributed by atoms with Crippen LogP contribution in [0.25, 0.3) is 17.7 Å². The molecule has 0 aromatic heterocycles. The molecule has 1 saturated carbocycles. The van der Waals surface area contributed by atoms with Gasteiger partial charge in [0.15, 0.2) is 0 Å². The quantitative estimate of drug-likeness (QED) is 0.0318. The number of carbonyl (C=O) groups is 4. The van der Waals surface area contributed by atoms with Crippen LogP contribution in [0.1, 0.15) is 113 Å². The second kappa shape index (κ2) is 24.4. The lowest BCUT2D eigenvalue weighted by Gasteiger charge is -2.27. The summed E-state index contributed by atoms with van der Waals surface area (Å²) in [5.41, 5.74) is 20.8. The Bertz CT molecular complexity index is 4180. The van der Waals surface area contributed by atoms with E-state index < -0.39 is 17.9 Å². The molecule has 14 nitrogen and oxygen atoms in total. The zero-order chi connectivity index (χ0) is 61.8. The summed E-state index contributed by atoms with van der Waals surface area (Å²) in [7, 11) is 0. The van der Waals surface area contributed by atoms with Gasteiger partial charge in [-0.3, -0.25) is 19.3 Å². The number of carbonyl (C=O) groups excluding carboxylic acids is 3. The number of aliphatic hydroxyl groups is 1. The summed E-state index contributed by atoms with van der Waals surface area (Å²) in [4.78, 5) is 71.8. The number of amides is 1. The van der Waals surface area contributed by atoms with Crippen molar-refractivity contribution < 1.29 is 38.9 Å². The molecule has 4 atom stereocenters. The minimum atomic E-state index is -1.08. The number of carboxylic acids is 1. The van der Waals surface area contributed by atoms with Crippen LogP contribution >= 0.6 is 24.0 Å². The highest BCUT2D eigenvalue weighted by atomic mass is 32.2. The normalized spacial score (nSPS) is 22.1. The molecule has 7 aliphatic heterocycles. The number of ether oxygens (including phenoxy) is 2. The van der Waals surface area contributed by atoms with E-state index in [-0.39, 0.29) is 60.4 Å². The van der Waals surface area contributed by atoms with Gasteiger partial charge in [0.2, 0.25) is 0 Å². The predicted molar refractivity (Wildman–Crippen MR) is 355 cm³/mol. The second-order valence-corrected chi connectivity index (χ2v) is 25.3. The van der Waals surface area contributed by atoms with Gasteiger partial charge < -0.3 is 29.9 Å². The number of fused-ring (bicyclic) bond motifs is 8. The molecule has 13 rings (SSSR count). The molecule has 16 heteroatoms. The van der Waals surface area contributed by atoms with Crippen LogP contribution in [0.15, 0.2) is 227 Å². The number of thioether (sulfide) groups is 1. The molecule has 4 aromatic rings. The zero-order valence-electron chi connectivity index (χ0n) is 50.1. The van der Waals surface area contributed by atoms with Crippen molar-refractivity contribution in [3.63, 3.8) is 0 Å². The zero-order valence-corrected chi connectivity index (χ0v) is 51.8. The third-order valence-corrected chi connectivity index (χ3v) is 19.8. The third-order valence-electron chi connectivity index (χ3n) is 18.4. The molecule has 0 radical (unpaired) electrons. The first-order valence-electron chi connectivity index (χ1n) is 30.4. The number of anilines is 2. The number of aliphatic carboxylic acids is 1. The highest BCUT2D eigenvalue weighted by Gasteiger charge is 2.44. The van der Waals surface area contributed by atoms with Crippen molar-refractivity contribution in [1.29, 1.82) is 0 Å². The van der Waals surface area contributed by atoms with Gasteiger partial charge in [-0.15, -0.1) is 0 Å². The molecule has 448 valence electrons. The van der Waals surface area contributed by atoms with Crippen LogP contribution in [-0.4, -0.2) is 86.2 Å². The number of allylic oxidation sites excluding steroid dienone is 12. The number of hydrogen-bond acceptors (Lipinski definition) is 14. The minimum Gasteiger partial charge on any atom is -0.511 e. The summed E-state index contributed by atoms with van der Waals surface area (Å²) in [6.07, 6.45) is 17.3. The van der Waals surface area contributed by atoms with Gasteiger partial charge in [-0.25, -0.2) is 19.8 Å². The number of hydrogen-bond donors (Lipinski definition) is 3. The molecule has 0 spiro atoms. The Balaban J connectivity index is 0.648. The number of nitrogens with zero attached hydrogens (tertiary/aromatic N) is 5. The van der Waals surface area contributed by atoms with Gasteiger partial charge in [0.05, 0.1) is 39.1 Å². The van der Waals surface area contributed by atoms with Crippen molar-refractivity contribution in [2.75, 3.05) is 24.7 Å². The summed E-state index contributed by atoms with van der Waals surface area (Å²) >= 11 is 6.79. The summed E-state index contributed by atoms with van der Waals surface area (Å²) in [6.45, 7) is 9.26. The Kier molecular flexibility index (Phi) is 16.1. The average molecular weight is 1220 g/mol. The minimum absolute atomic E-state index is 0.0371. The molecular formula is C73H66N6O8S2. The van der Waals surface area contributed by atoms with Gasteiger partial charge in [0, 0.05) is 82.2 Å². The first-order chi connectivity index (χ1) is 43.1. The van der Waals surface area contributed by atoms with Gasteiger partial charge >= 0.3 is 17.9 Å². The molecule has 3 N–H and O–H groups in total. The standard InChI is InChI=1S/C73H66N6O8S2/c1-6-49-40(2)57-37-61-50(25-28-66(81)82)41(3)56(75-61)36-58-42(4)51(70(76-58)55-35-64(80)69-43(5)59(77-71(55)69)38-60(49)74-57)26-29-67(83)86-30-31-87-68(84)39-78-72(85)65(89-73(78)88)34-45-22-27-63-54(33-45)52-18-13-19-62(52)79(63)48-23-20-44(21-24-48)32-53(46-14-9-7-10-15-46)47-16-11-8-12-17-47/h7-12,14-17,20-25,27-28,32-34,36-38,42,51-52,62,76,80H,6,13,18-19,26,29-31,35,39H2,1-5H3,(H,81,82)/b28-25+,58-36?,60-38?,61-37?,65-34-,70-55?/t42-,51-,52?,62?/m0/s1. The van der Waals surface area contributed by atoms with Crippen molar-refractivity contribution in [3.8, 4) is 0 Å². The highest BCUT2D eigenvalue weighted by molar-refractivity contribution is 8.26. The van der Waals surface area contributed by atoms with E-state index in [1.165, 1.54) is 16.2 Å². The van der Waals surface area contributed by atoms with Crippen LogP contribution in [0.4, 0.5) is 11.4 Å². The Morgan fingerprint density at radius 1 is 0.820 bits per heavy atom. The van der Waals surface area contributed by atoms with E-state index in [1.807, 2.05) is 63.3 Å². The van der Waals surface area contributed by atoms with Crippen LogP contribution in [-0.2, 0) is 28.7 Å². The molecule has 8 bridgehead atoms. The summed E-state index contributed by atoms with van der Waals surface area (Å²) in [5, 5.41) is 24.9. The number of thiocarbonyl (C=S) groups is 1. The molecule has 1 amide bonds. The molecule has 4 aromatic carbocycles. The van der Waals surface area contributed by atoms with Crippen LogP contribution in [0.5, 0.6) is 0 Å². The monoisotopic (exact) mass is 1220 g/mol. The highest BCUT2D eigenvalue weighted by Crippen LogP contribution is 2.53. The maximum atomic E-state index is 13.9. The van der Waals surface area contributed by atoms with Gasteiger partial charge in [-0.1, -0.05) is 123 Å². The molecule has 2 aliphatic carbocycles. The van der Waals surface area contributed by atoms with Crippen LogP contribution in [0.2, 0.25) is 0 Å². The van der Waals surface area contributed by atoms with E-state index in [0.29, 0.717) is 57.2 Å². The maximum Gasteiger partial charge on any atom is 0.328 e. The van der Waals surface area contributed by atoms with Gasteiger partial charge in [-0.2, -0.15) is 0 Å². The van der Waals surface area contributed by atoms with E-state index in [2.05, 4.69) is 115 Å². The van der Waals surface area contributed by atoms with E-state index in [0.717, 1.165) is 128 Å². The van der Waals surface area contributed by atoms with Gasteiger partial charge in [0.25, 0.3) is 5.91 Å². The Hall–Kier alpha value is -9.25. The van der Waals surface area contributed by atoms with E-state index in [4.69, 9.17) is 36.7 Å². The number of benzene rings is 4. The van der Waals surface area contributed by atoms with E-state index in [9.17, 15) is 29.4 Å². The average Bonchev–Trinajstić information content (AvgIpc) is 1.97. The van der Waals surface area contributed by atoms with Crippen LogP contribution in [0.3, 0.4) is 0 Å². The number of esters is 2. The van der Waals surface area contributed by atoms with Crippen LogP contribution in [0, 0.1) is 11.8 Å². The third kappa shape index (κ3) is 11.3. The fraction of sp³-hybridized carbons (Fsp3) is 0.260. The number of aliphatic imine (C=N–C) groups is 3. The summed E-state index contributed by atoms with van der Waals surface area (Å²) < 4.78 is 11.4. The van der Waals surface area contributed by atoms with E-state index >= 15 is 0 Å². The lowest BCUT2D eigenvalue weighted by molar-refractivity contribution is -0.153. The lowest BCUT2D eigenvalue weighted by Crippen LogP contribution is -2.34. The maximum absolute atomic E-state index is 13.9. The fourth-order valence-electron chi connectivity index (χ4n) is 13.9. The molecule has 3 fully saturated rings. The van der Waals surface area contributed by atoms with Crippen molar-refractivity contribution >= 4 is 98.4 Å². The Morgan fingerprint density at radius 3 is 2.24 bits per heavy atom. The molecular weight excluding hydrogens is 1150 g/mol. The molecule has 2 unspecified atom stereocenters. The topological polar surface area (TPSA) is 183 Å². The molecule has 2 saturated heterocycles.